The third-order valence-corrected chi connectivity index (χ3v) is 1.66. The summed E-state index contributed by atoms with van der Waals surface area (Å²) < 4.78 is 0. The maximum atomic E-state index is 9.12. The normalized spacial score (nSPS) is 12.3. The molecule has 0 fully saturated rings. The Morgan fingerprint density at radius 3 is 2.50 bits per heavy atom. The maximum absolute atomic E-state index is 9.12. The largest absolute Gasteiger partial charge is 0.393 e. The molecule has 2 heteroatoms. The summed E-state index contributed by atoms with van der Waals surface area (Å²) in [4.78, 5) is 0. The molecule has 0 aliphatic carbocycles. The molecule has 0 rings (SSSR count). The summed E-state index contributed by atoms with van der Waals surface area (Å²) in [6.45, 7) is 7.52. The van der Waals surface area contributed by atoms with Crippen molar-refractivity contribution in [3.05, 3.63) is 23.8 Å². The van der Waals surface area contributed by atoms with Gasteiger partial charge in [-0.15, -0.1) is 0 Å². The Kier molecular flexibility index (Phi) is 5.68. The van der Waals surface area contributed by atoms with Crippen LogP contribution in [0.4, 0.5) is 0 Å². The molecule has 0 amide bonds. The van der Waals surface area contributed by atoms with Crippen LogP contribution in [0.2, 0.25) is 0 Å². The molecular formula is C10H18O2. The molecule has 70 valence electrons. The predicted octanol–water partition coefficient (Wildman–Crippen LogP) is 1.64. The summed E-state index contributed by atoms with van der Waals surface area (Å²) in [5.74, 6) is 0. The predicted molar refractivity (Wildman–Crippen MR) is 50.9 cm³/mol. The van der Waals surface area contributed by atoms with Crippen molar-refractivity contribution in [2.45, 2.75) is 32.8 Å². The van der Waals surface area contributed by atoms with Crippen molar-refractivity contribution in [3.63, 3.8) is 0 Å². The molecule has 0 aliphatic heterocycles. The van der Waals surface area contributed by atoms with Gasteiger partial charge in [-0.3, -0.25) is 0 Å². The highest BCUT2D eigenvalue weighted by molar-refractivity contribution is 5.04. The van der Waals surface area contributed by atoms with Crippen LogP contribution >= 0.6 is 0 Å². The Hall–Kier alpha value is -0.600. The number of hydrogen-bond acceptors (Lipinski definition) is 2. The molecule has 0 aromatic carbocycles. The fourth-order valence-electron chi connectivity index (χ4n) is 0.842. The SMILES string of the molecule is C=C(CCC=C(C)C)[C@H](O)CO. The van der Waals surface area contributed by atoms with Crippen LogP contribution in [0.5, 0.6) is 0 Å². The number of allylic oxidation sites excluding steroid dienone is 2. The van der Waals surface area contributed by atoms with Crippen molar-refractivity contribution < 1.29 is 10.2 Å². The molecule has 0 heterocycles. The van der Waals surface area contributed by atoms with Crippen LogP contribution in [0.15, 0.2) is 23.8 Å². The number of aliphatic hydroxyl groups is 2. The molecule has 0 spiro atoms. The number of rotatable bonds is 5. The van der Waals surface area contributed by atoms with Gasteiger partial charge in [-0.25, -0.2) is 0 Å². The lowest BCUT2D eigenvalue weighted by molar-refractivity contribution is 0.120. The Balaban J connectivity index is 3.65. The number of hydrogen-bond donors (Lipinski definition) is 2. The van der Waals surface area contributed by atoms with Crippen LogP contribution in [0.1, 0.15) is 26.7 Å². The van der Waals surface area contributed by atoms with E-state index in [1.54, 1.807) is 0 Å². The second kappa shape index (κ2) is 5.98. The van der Waals surface area contributed by atoms with Gasteiger partial charge < -0.3 is 10.2 Å². The summed E-state index contributed by atoms with van der Waals surface area (Å²) in [6.07, 6.45) is 2.97. The van der Waals surface area contributed by atoms with Crippen LogP contribution < -0.4 is 0 Å². The van der Waals surface area contributed by atoms with Gasteiger partial charge >= 0.3 is 0 Å². The summed E-state index contributed by atoms with van der Waals surface area (Å²) in [6, 6.07) is 0. The Morgan fingerprint density at radius 2 is 2.08 bits per heavy atom. The minimum absolute atomic E-state index is 0.229. The van der Waals surface area contributed by atoms with Crippen molar-refractivity contribution in [1.82, 2.24) is 0 Å². The van der Waals surface area contributed by atoms with E-state index in [-0.39, 0.29) is 6.61 Å². The van der Waals surface area contributed by atoms with Crippen molar-refractivity contribution >= 4 is 0 Å². The molecule has 0 bridgehead atoms. The van der Waals surface area contributed by atoms with E-state index >= 15 is 0 Å². The van der Waals surface area contributed by atoms with E-state index in [1.807, 2.05) is 13.8 Å². The smallest absolute Gasteiger partial charge is 0.0978 e. The second-order valence-electron chi connectivity index (χ2n) is 3.18. The molecule has 0 aromatic heterocycles. The standard InChI is InChI=1S/C10H18O2/c1-8(2)5-4-6-9(3)10(12)7-11/h5,10-12H,3-4,6-7H2,1-2H3/t10-/m1/s1. The van der Waals surface area contributed by atoms with Crippen LogP contribution in [0, 0.1) is 0 Å². The van der Waals surface area contributed by atoms with E-state index in [0.29, 0.717) is 5.57 Å². The summed E-state index contributed by atoms with van der Waals surface area (Å²) in [5, 5.41) is 17.7. The molecule has 0 saturated heterocycles. The molecule has 0 aliphatic rings. The molecule has 2 N–H and O–H groups in total. The van der Waals surface area contributed by atoms with Gasteiger partial charge in [0.05, 0.1) is 12.7 Å². The Labute approximate surface area is 74.2 Å². The molecule has 2 nitrogen and oxygen atoms in total. The molecule has 0 aromatic rings. The first-order valence-electron chi connectivity index (χ1n) is 4.18. The van der Waals surface area contributed by atoms with E-state index in [1.165, 1.54) is 5.57 Å². The molecule has 12 heavy (non-hydrogen) atoms. The molecule has 0 saturated carbocycles. The van der Waals surface area contributed by atoms with E-state index < -0.39 is 6.10 Å². The van der Waals surface area contributed by atoms with Gasteiger partial charge in [-0.2, -0.15) is 0 Å². The van der Waals surface area contributed by atoms with Gasteiger partial charge in [0.25, 0.3) is 0 Å². The zero-order valence-corrected chi connectivity index (χ0v) is 7.88. The lowest BCUT2D eigenvalue weighted by Crippen LogP contribution is -2.14. The van der Waals surface area contributed by atoms with Crippen molar-refractivity contribution in [2.75, 3.05) is 6.61 Å². The summed E-state index contributed by atoms with van der Waals surface area (Å²) >= 11 is 0. The third kappa shape index (κ3) is 5.10. The highest BCUT2D eigenvalue weighted by Crippen LogP contribution is 2.08. The van der Waals surface area contributed by atoms with E-state index in [0.717, 1.165) is 12.8 Å². The van der Waals surface area contributed by atoms with Gasteiger partial charge in [0.1, 0.15) is 0 Å². The van der Waals surface area contributed by atoms with Gasteiger partial charge in [0.2, 0.25) is 0 Å². The number of aliphatic hydroxyl groups excluding tert-OH is 2. The topological polar surface area (TPSA) is 40.5 Å². The van der Waals surface area contributed by atoms with Gasteiger partial charge in [-0.05, 0) is 32.3 Å². The zero-order chi connectivity index (χ0) is 9.56. The second-order valence-corrected chi connectivity index (χ2v) is 3.18. The quantitative estimate of drug-likeness (QED) is 0.616. The average Bonchev–Trinajstić information content (AvgIpc) is 2.02. The van der Waals surface area contributed by atoms with E-state index in [9.17, 15) is 0 Å². The highest BCUT2D eigenvalue weighted by atomic mass is 16.3. The lowest BCUT2D eigenvalue weighted by Gasteiger charge is -2.09. The van der Waals surface area contributed by atoms with Crippen molar-refractivity contribution in [2.24, 2.45) is 0 Å². The van der Waals surface area contributed by atoms with Gasteiger partial charge in [-0.1, -0.05) is 18.2 Å². The molecular weight excluding hydrogens is 152 g/mol. The van der Waals surface area contributed by atoms with Crippen molar-refractivity contribution in [3.8, 4) is 0 Å². The van der Waals surface area contributed by atoms with Crippen LogP contribution in [0.3, 0.4) is 0 Å². The Bertz CT molecular complexity index is 167. The fourth-order valence-corrected chi connectivity index (χ4v) is 0.842. The lowest BCUT2D eigenvalue weighted by atomic mass is 10.1. The average molecular weight is 170 g/mol. The highest BCUT2D eigenvalue weighted by Gasteiger charge is 2.04. The maximum Gasteiger partial charge on any atom is 0.0978 e. The minimum Gasteiger partial charge on any atom is -0.393 e. The zero-order valence-electron chi connectivity index (χ0n) is 7.88. The summed E-state index contributed by atoms with van der Waals surface area (Å²) in [5.41, 5.74) is 1.97. The third-order valence-electron chi connectivity index (χ3n) is 1.66. The minimum atomic E-state index is -0.754. The first kappa shape index (κ1) is 11.4. The molecule has 0 unspecified atom stereocenters. The fraction of sp³-hybridized carbons (Fsp3) is 0.600. The Morgan fingerprint density at radius 1 is 1.50 bits per heavy atom. The van der Waals surface area contributed by atoms with Crippen LogP contribution in [0.25, 0.3) is 0 Å². The van der Waals surface area contributed by atoms with Gasteiger partial charge in [0, 0.05) is 0 Å². The van der Waals surface area contributed by atoms with Crippen molar-refractivity contribution in [1.29, 1.82) is 0 Å². The first-order valence-corrected chi connectivity index (χ1v) is 4.18. The monoisotopic (exact) mass is 170 g/mol. The molecule has 0 radical (unpaired) electrons. The summed E-state index contributed by atoms with van der Waals surface area (Å²) in [7, 11) is 0. The van der Waals surface area contributed by atoms with Crippen LogP contribution in [-0.4, -0.2) is 22.9 Å². The molecule has 1 atom stereocenters. The van der Waals surface area contributed by atoms with E-state index in [4.69, 9.17) is 10.2 Å². The van der Waals surface area contributed by atoms with Crippen LogP contribution in [-0.2, 0) is 0 Å². The van der Waals surface area contributed by atoms with E-state index in [2.05, 4.69) is 12.7 Å². The van der Waals surface area contributed by atoms with Gasteiger partial charge in [0.15, 0.2) is 0 Å². The first-order chi connectivity index (χ1) is 5.57.